The number of aromatic amines is 1. The number of rotatable bonds is 4. The Bertz CT molecular complexity index is 1710. The molecule has 36 heavy (non-hydrogen) atoms. The first-order chi connectivity index (χ1) is 17.3. The normalized spacial score (nSPS) is 17.1. The molecule has 1 atom stereocenters. The number of nitrogens with one attached hydrogen (secondary N) is 1. The predicted octanol–water partition coefficient (Wildman–Crippen LogP) is 5.26. The van der Waals surface area contributed by atoms with E-state index in [-0.39, 0.29) is 11.4 Å². The molecule has 0 radical (unpaired) electrons. The summed E-state index contributed by atoms with van der Waals surface area (Å²) in [5.74, 6) is -0.996. The molecule has 0 saturated heterocycles. The Labute approximate surface area is 205 Å². The molecule has 3 aromatic carbocycles. The van der Waals surface area contributed by atoms with Gasteiger partial charge in [0.05, 0.1) is 24.5 Å². The number of carbonyl (C=O) groups is 2. The van der Waals surface area contributed by atoms with Crippen LogP contribution in [0.2, 0.25) is 0 Å². The molecule has 1 aliphatic rings. The van der Waals surface area contributed by atoms with Gasteiger partial charge in [-0.3, -0.25) is 19.5 Å². The smallest absolute Gasteiger partial charge is 0.250 e. The standard InChI is InChI=1S/C28H21FN4O3/c1-28(26(34)22-13-19-18-5-3-4-6-21(18)32-23(19)14-31-22)25-20(30)11-17(36-2)12-24(25)33(27(28)35)16-9-7-15(29)8-10-16/h3-14,32H,30H2,1-2H3. The average Bonchev–Trinajstić information content (AvgIpc) is 3.37. The van der Waals surface area contributed by atoms with Gasteiger partial charge in [0, 0.05) is 45.4 Å². The molecule has 1 unspecified atom stereocenters. The number of fused-ring (bicyclic) bond motifs is 4. The summed E-state index contributed by atoms with van der Waals surface area (Å²) < 4.78 is 19.0. The van der Waals surface area contributed by atoms with Crippen molar-refractivity contribution in [1.29, 1.82) is 0 Å². The second-order valence-electron chi connectivity index (χ2n) is 8.97. The van der Waals surface area contributed by atoms with E-state index >= 15 is 0 Å². The fourth-order valence-corrected chi connectivity index (χ4v) is 5.09. The van der Waals surface area contributed by atoms with E-state index < -0.39 is 22.9 Å². The second-order valence-corrected chi connectivity index (χ2v) is 8.97. The molecule has 7 nitrogen and oxygen atoms in total. The molecule has 3 N–H and O–H groups in total. The minimum absolute atomic E-state index is 0.144. The van der Waals surface area contributed by atoms with Crippen molar-refractivity contribution in [1.82, 2.24) is 9.97 Å². The van der Waals surface area contributed by atoms with Crippen LogP contribution in [0.3, 0.4) is 0 Å². The zero-order valence-corrected chi connectivity index (χ0v) is 19.5. The van der Waals surface area contributed by atoms with E-state index in [1.165, 1.54) is 36.3 Å². The van der Waals surface area contributed by atoms with E-state index in [1.54, 1.807) is 31.3 Å². The average molecular weight is 480 g/mol. The van der Waals surface area contributed by atoms with Gasteiger partial charge in [0.1, 0.15) is 22.7 Å². The number of pyridine rings is 1. The number of amides is 1. The molecular weight excluding hydrogens is 459 g/mol. The molecule has 6 rings (SSSR count). The number of hydrogen-bond donors (Lipinski definition) is 2. The van der Waals surface area contributed by atoms with Crippen molar-refractivity contribution in [3.05, 3.63) is 90.0 Å². The topological polar surface area (TPSA) is 101 Å². The first-order valence-corrected chi connectivity index (χ1v) is 11.3. The molecule has 0 fully saturated rings. The van der Waals surface area contributed by atoms with Crippen LogP contribution in [0.1, 0.15) is 23.0 Å². The molecule has 3 heterocycles. The summed E-state index contributed by atoms with van der Waals surface area (Å²) >= 11 is 0. The highest BCUT2D eigenvalue weighted by Crippen LogP contribution is 2.51. The van der Waals surface area contributed by atoms with Gasteiger partial charge < -0.3 is 15.5 Å². The lowest BCUT2D eigenvalue weighted by molar-refractivity contribution is -0.120. The maximum atomic E-state index is 14.1. The fourth-order valence-electron chi connectivity index (χ4n) is 5.09. The number of methoxy groups -OCH3 is 1. The van der Waals surface area contributed by atoms with Crippen molar-refractivity contribution in [2.75, 3.05) is 17.7 Å². The maximum Gasteiger partial charge on any atom is 0.250 e. The monoisotopic (exact) mass is 480 g/mol. The van der Waals surface area contributed by atoms with E-state index in [1.807, 2.05) is 24.3 Å². The molecule has 0 bridgehead atoms. The molecule has 0 saturated carbocycles. The fraction of sp³-hybridized carbons (Fsp3) is 0.107. The zero-order valence-electron chi connectivity index (χ0n) is 19.5. The first-order valence-electron chi connectivity index (χ1n) is 11.3. The molecule has 0 aliphatic carbocycles. The highest BCUT2D eigenvalue weighted by Gasteiger charge is 2.55. The van der Waals surface area contributed by atoms with Gasteiger partial charge in [-0.15, -0.1) is 0 Å². The Morgan fingerprint density at radius 3 is 2.56 bits per heavy atom. The molecule has 2 aromatic heterocycles. The molecular formula is C28H21FN4O3. The third kappa shape index (κ3) is 2.94. The largest absolute Gasteiger partial charge is 0.497 e. The second kappa shape index (κ2) is 7.64. The number of ether oxygens (including phenoxy) is 1. The van der Waals surface area contributed by atoms with Gasteiger partial charge in [0.2, 0.25) is 11.7 Å². The Balaban J connectivity index is 1.55. The lowest BCUT2D eigenvalue weighted by Crippen LogP contribution is -2.43. The number of anilines is 3. The number of nitrogens with two attached hydrogens (primary N) is 1. The Hall–Kier alpha value is -4.72. The van der Waals surface area contributed by atoms with Crippen LogP contribution >= 0.6 is 0 Å². The number of para-hydroxylation sites is 1. The Morgan fingerprint density at radius 1 is 1.06 bits per heavy atom. The lowest BCUT2D eigenvalue weighted by Gasteiger charge is -2.23. The van der Waals surface area contributed by atoms with Crippen molar-refractivity contribution in [2.24, 2.45) is 0 Å². The summed E-state index contributed by atoms with van der Waals surface area (Å²) in [4.78, 5) is 37.2. The molecule has 8 heteroatoms. The number of hydrogen-bond acceptors (Lipinski definition) is 5. The van der Waals surface area contributed by atoms with Crippen LogP contribution in [0, 0.1) is 5.82 Å². The molecule has 178 valence electrons. The summed E-state index contributed by atoms with van der Waals surface area (Å²) in [5.41, 5.74) is 8.04. The number of aromatic nitrogens is 2. The molecule has 5 aromatic rings. The lowest BCUT2D eigenvalue weighted by atomic mass is 9.77. The van der Waals surface area contributed by atoms with Crippen molar-refractivity contribution in [2.45, 2.75) is 12.3 Å². The third-order valence-electron chi connectivity index (χ3n) is 6.89. The number of halogens is 1. The van der Waals surface area contributed by atoms with E-state index in [2.05, 4.69) is 9.97 Å². The van der Waals surface area contributed by atoms with Crippen molar-refractivity contribution < 1.29 is 18.7 Å². The van der Waals surface area contributed by atoms with Gasteiger partial charge in [0.25, 0.3) is 0 Å². The Morgan fingerprint density at radius 2 is 1.81 bits per heavy atom. The first kappa shape index (κ1) is 21.8. The number of Topliss-reactive ketones (excluding diaryl/α,β-unsaturated/α-hetero) is 1. The third-order valence-corrected chi connectivity index (χ3v) is 6.89. The molecule has 0 spiro atoms. The van der Waals surface area contributed by atoms with Crippen LogP contribution in [0.5, 0.6) is 5.75 Å². The summed E-state index contributed by atoms with van der Waals surface area (Å²) in [6, 6.07) is 18.2. The van der Waals surface area contributed by atoms with Gasteiger partial charge >= 0.3 is 0 Å². The predicted molar refractivity (Wildman–Crippen MR) is 136 cm³/mol. The van der Waals surface area contributed by atoms with Crippen LogP contribution in [-0.4, -0.2) is 28.8 Å². The quantitative estimate of drug-likeness (QED) is 0.207. The molecule has 1 aliphatic heterocycles. The zero-order chi connectivity index (χ0) is 25.2. The van der Waals surface area contributed by atoms with Crippen LogP contribution in [-0.2, 0) is 10.2 Å². The van der Waals surface area contributed by atoms with Gasteiger partial charge in [0.15, 0.2) is 0 Å². The summed E-state index contributed by atoms with van der Waals surface area (Å²) in [5, 5.41) is 1.78. The minimum atomic E-state index is -1.66. The van der Waals surface area contributed by atoms with Crippen LogP contribution in [0.15, 0.2) is 72.9 Å². The van der Waals surface area contributed by atoms with Crippen molar-refractivity contribution >= 4 is 50.6 Å². The highest BCUT2D eigenvalue weighted by molar-refractivity contribution is 6.29. The van der Waals surface area contributed by atoms with Gasteiger partial charge in [-0.25, -0.2) is 4.39 Å². The van der Waals surface area contributed by atoms with E-state index in [9.17, 15) is 14.0 Å². The van der Waals surface area contributed by atoms with Gasteiger partial charge in [-0.05, 0) is 43.3 Å². The maximum absolute atomic E-state index is 14.1. The summed E-state index contributed by atoms with van der Waals surface area (Å²) in [7, 11) is 1.49. The number of carbonyl (C=O) groups excluding carboxylic acids is 2. The highest BCUT2D eigenvalue weighted by atomic mass is 19.1. The molecule has 1 amide bonds. The van der Waals surface area contributed by atoms with Crippen LogP contribution < -0.4 is 15.4 Å². The van der Waals surface area contributed by atoms with Crippen LogP contribution in [0.4, 0.5) is 21.5 Å². The number of nitrogen functional groups attached to an aromatic ring is 1. The van der Waals surface area contributed by atoms with Gasteiger partial charge in [-0.1, -0.05) is 18.2 Å². The van der Waals surface area contributed by atoms with E-state index in [4.69, 9.17) is 10.5 Å². The SMILES string of the molecule is COc1cc(N)c2c(c1)N(c1ccc(F)cc1)C(=O)C2(C)C(=O)c1cc2c(cn1)[nH]c1ccccc12. The van der Waals surface area contributed by atoms with Crippen LogP contribution in [0.25, 0.3) is 21.8 Å². The van der Waals surface area contributed by atoms with Gasteiger partial charge in [-0.2, -0.15) is 0 Å². The van der Waals surface area contributed by atoms with Crippen molar-refractivity contribution in [3.8, 4) is 5.75 Å². The number of nitrogens with zero attached hydrogens (tertiary/aromatic N) is 2. The minimum Gasteiger partial charge on any atom is -0.497 e. The van der Waals surface area contributed by atoms with E-state index in [0.717, 1.165) is 21.8 Å². The van der Waals surface area contributed by atoms with E-state index in [0.29, 0.717) is 22.7 Å². The summed E-state index contributed by atoms with van der Waals surface area (Å²) in [6.45, 7) is 1.56. The Kier molecular flexibility index (Phi) is 4.63. The number of ketones is 1. The number of benzene rings is 3. The number of H-pyrrole nitrogens is 1. The summed E-state index contributed by atoms with van der Waals surface area (Å²) in [6.07, 6.45) is 1.60. The van der Waals surface area contributed by atoms with Crippen molar-refractivity contribution in [3.63, 3.8) is 0 Å².